The van der Waals surface area contributed by atoms with E-state index in [1.165, 1.54) is 51.9 Å². The van der Waals surface area contributed by atoms with E-state index in [-0.39, 0.29) is 0 Å². The maximum absolute atomic E-state index is 3.86. The molecule has 3 aliphatic rings. The predicted molar refractivity (Wildman–Crippen MR) is 71.2 cm³/mol. The molecule has 0 spiro atoms. The molecule has 0 saturated carbocycles. The molecule has 3 saturated heterocycles. The number of hydrogen-bond acceptors (Lipinski definition) is 3. The van der Waals surface area contributed by atoms with E-state index < -0.39 is 0 Å². The van der Waals surface area contributed by atoms with Crippen LogP contribution in [-0.4, -0.2) is 61.2 Å². The van der Waals surface area contributed by atoms with E-state index in [1.807, 2.05) is 0 Å². The predicted octanol–water partition coefficient (Wildman–Crippen LogP) is 1.15. The van der Waals surface area contributed by atoms with Crippen LogP contribution in [0.4, 0.5) is 0 Å². The third-order valence-corrected chi connectivity index (χ3v) is 5.30. The number of rotatable bonds is 0. The number of hydrogen-bond donors (Lipinski definition) is 1. The molecule has 2 unspecified atom stereocenters. The van der Waals surface area contributed by atoms with Crippen LogP contribution in [0.1, 0.15) is 32.6 Å². The molecule has 0 aromatic heterocycles. The van der Waals surface area contributed by atoms with Crippen molar-refractivity contribution in [2.75, 3.05) is 33.2 Å². The highest BCUT2D eigenvalue weighted by Crippen LogP contribution is 2.31. The molecular formula is C14H27N3. The second kappa shape index (κ2) is 4.87. The van der Waals surface area contributed by atoms with Gasteiger partial charge in [-0.2, -0.15) is 0 Å². The van der Waals surface area contributed by atoms with E-state index in [9.17, 15) is 0 Å². The lowest BCUT2D eigenvalue weighted by Gasteiger charge is -2.43. The molecule has 3 fully saturated rings. The van der Waals surface area contributed by atoms with Crippen molar-refractivity contribution < 1.29 is 0 Å². The molecule has 0 aliphatic carbocycles. The first-order valence-electron chi connectivity index (χ1n) is 7.43. The highest BCUT2D eigenvalue weighted by atomic mass is 15.3. The lowest BCUT2D eigenvalue weighted by Crippen LogP contribution is -2.53. The van der Waals surface area contributed by atoms with Gasteiger partial charge in [0.2, 0.25) is 0 Å². The molecule has 3 rings (SSSR count). The van der Waals surface area contributed by atoms with Gasteiger partial charge in [-0.15, -0.1) is 0 Å². The molecule has 0 bridgehead atoms. The molecule has 17 heavy (non-hydrogen) atoms. The Kier molecular flexibility index (Phi) is 3.42. The molecule has 0 amide bonds. The molecule has 3 nitrogen and oxygen atoms in total. The van der Waals surface area contributed by atoms with E-state index in [2.05, 4.69) is 29.1 Å². The van der Waals surface area contributed by atoms with E-state index in [0.717, 1.165) is 24.0 Å². The zero-order valence-corrected chi connectivity index (χ0v) is 11.4. The first-order valence-corrected chi connectivity index (χ1v) is 7.43. The van der Waals surface area contributed by atoms with Crippen LogP contribution in [-0.2, 0) is 0 Å². The second-order valence-corrected chi connectivity index (χ2v) is 6.36. The largest absolute Gasteiger partial charge is 0.311 e. The number of fused-ring (bicyclic) bond motifs is 2. The van der Waals surface area contributed by atoms with Crippen LogP contribution in [0.2, 0.25) is 0 Å². The molecule has 0 aromatic carbocycles. The zero-order chi connectivity index (χ0) is 11.8. The first-order chi connectivity index (χ1) is 8.25. The minimum absolute atomic E-state index is 0.731. The normalized spacial score (nSPS) is 44.8. The van der Waals surface area contributed by atoms with Gasteiger partial charge >= 0.3 is 0 Å². The van der Waals surface area contributed by atoms with Crippen molar-refractivity contribution in [1.29, 1.82) is 0 Å². The highest BCUT2D eigenvalue weighted by molar-refractivity contribution is 4.97. The summed E-state index contributed by atoms with van der Waals surface area (Å²) in [6, 6.07) is 2.33. The van der Waals surface area contributed by atoms with E-state index in [1.54, 1.807) is 0 Å². The Hall–Kier alpha value is -0.120. The quantitative estimate of drug-likeness (QED) is 0.682. The maximum atomic E-state index is 3.86. The number of piperidine rings is 2. The summed E-state index contributed by atoms with van der Waals surface area (Å²) in [5.41, 5.74) is 0. The molecule has 3 aliphatic heterocycles. The Labute approximate surface area is 106 Å². The Morgan fingerprint density at radius 2 is 2.00 bits per heavy atom. The van der Waals surface area contributed by atoms with Crippen LogP contribution >= 0.6 is 0 Å². The molecular weight excluding hydrogens is 210 g/mol. The Morgan fingerprint density at radius 1 is 1.12 bits per heavy atom. The Morgan fingerprint density at radius 3 is 2.88 bits per heavy atom. The Balaban J connectivity index is 1.76. The lowest BCUT2D eigenvalue weighted by molar-refractivity contribution is 0.0642. The van der Waals surface area contributed by atoms with Crippen molar-refractivity contribution in [3.63, 3.8) is 0 Å². The summed E-state index contributed by atoms with van der Waals surface area (Å²) >= 11 is 0. The van der Waals surface area contributed by atoms with Gasteiger partial charge in [-0.1, -0.05) is 6.42 Å². The standard InChI is InChI=1S/C14H27N3/c1-11-13-6-8-16(2)10-14(13)15-9-12-5-3-4-7-17(11)12/h11-15H,3-10H2,1-2H3/t11-,12?,13-,14?/m0/s1. The summed E-state index contributed by atoms with van der Waals surface area (Å²) in [6.07, 6.45) is 5.63. The van der Waals surface area contributed by atoms with E-state index >= 15 is 0 Å². The van der Waals surface area contributed by atoms with Crippen molar-refractivity contribution in [2.24, 2.45) is 5.92 Å². The van der Waals surface area contributed by atoms with Crippen molar-refractivity contribution in [2.45, 2.75) is 50.7 Å². The van der Waals surface area contributed by atoms with Gasteiger partial charge in [0.15, 0.2) is 0 Å². The number of likely N-dealkylation sites (N-methyl/N-ethyl adjacent to an activating group) is 1. The topological polar surface area (TPSA) is 18.5 Å². The number of likely N-dealkylation sites (tertiary alicyclic amines) is 1. The van der Waals surface area contributed by atoms with Crippen molar-refractivity contribution in [3.8, 4) is 0 Å². The van der Waals surface area contributed by atoms with Crippen LogP contribution in [0.5, 0.6) is 0 Å². The molecule has 0 aromatic rings. The van der Waals surface area contributed by atoms with Gasteiger partial charge in [-0.3, -0.25) is 4.90 Å². The molecule has 98 valence electrons. The first kappa shape index (κ1) is 11.9. The number of nitrogens with zero attached hydrogens (tertiary/aromatic N) is 2. The fourth-order valence-corrected chi connectivity index (χ4v) is 4.24. The van der Waals surface area contributed by atoms with Crippen molar-refractivity contribution in [3.05, 3.63) is 0 Å². The number of nitrogens with one attached hydrogen (secondary N) is 1. The van der Waals surface area contributed by atoms with Crippen LogP contribution in [0, 0.1) is 5.92 Å². The molecule has 0 radical (unpaired) electrons. The molecule has 3 heteroatoms. The summed E-state index contributed by atoms with van der Waals surface area (Å²) < 4.78 is 0. The van der Waals surface area contributed by atoms with Crippen molar-refractivity contribution >= 4 is 0 Å². The van der Waals surface area contributed by atoms with Gasteiger partial charge in [0.1, 0.15) is 0 Å². The lowest BCUT2D eigenvalue weighted by atomic mass is 9.85. The average Bonchev–Trinajstić information content (AvgIpc) is 2.48. The fraction of sp³-hybridized carbons (Fsp3) is 1.00. The van der Waals surface area contributed by atoms with Crippen LogP contribution < -0.4 is 5.32 Å². The Bertz CT molecular complexity index is 268. The maximum Gasteiger partial charge on any atom is 0.0239 e. The molecule has 4 atom stereocenters. The summed E-state index contributed by atoms with van der Waals surface area (Å²) in [5, 5.41) is 3.86. The van der Waals surface area contributed by atoms with Crippen LogP contribution in [0.3, 0.4) is 0 Å². The van der Waals surface area contributed by atoms with Gasteiger partial charge < -0.3 is 10.2 Å². The minimum Gasteiger partial charge on any atom is -0.311 e. The molecule has 3 heterocycles. The summed E-state index contributed by atoms with van der Waals surface area (Å²) in [7, 11) is 2.26. The van der Waals surface area contributed by atoms with Crippen LogP contribution in [0.25, 0.3) is 0 Å². The van der Waals surface area contributed by atoms with Gasteiger partial charge in [0.25, 0.3) is 0 Å². The SMILES string of the molecule is C[C@H]1[C@@H]2CCN(C)CC2NCC2CCCCN21. The fourth-order valence-electron chi connectivity index (χ4n) is 4.24. The average molecular weight is 237 g/mol. The van der Waals surface area contributed by atoms with E-state index in [4.69, 9.17) is 0 Å². The summed E-state index contributed by atoms with van der Waals surface area (Å²) in [6.45, 7) is 7.57. The third kappa shape index (κ3) is 2.25. The molecule has 1 N–H and O–H groups in total. The van der Waals surface area contributed by atoms with Gasteiger partial charge in [0.05, 0.1) is 0 Å². The minimum atomic E-state index is 0.731. The van der Waals surface area contributed by atoms with Gasteiger partial charge in [-0.25, -0.2) is 0 Å². The van der Waals surface area contributed by atoms with Gasteiger partial charge in [0, 0.05) is 31.2 Å². The monoisotopic (exact) mass is 237 g/mol. The zero-order valence-electron chi connectivity index (χ0n) is 11.4. The van der Waals surface area contributed by atoms with Crippen molar-refractivity contribution in [1.82, 2.24) is 15.1 Å². The summed E-state index contributed by atoms with van der Waals surface area (Å²) in [4.78, 5) is 5.30. The summed E-state index contributed by atoms with van der Waals surface area (Å²) in [5.74, 6) is 0.870. The third-order valence-electron chi connectivity index (χ3n) is 5.30. The van der Waals surface area contributed by atoms with Gasteiger partial charge in [-0.05, 0) is 52.2 Å². The highest BCUT2D eigenvalue weighted by Gasteiger charge is 2.40. The van der Waals surface area contributed by atoms with E-state index in [0.29, 0.717) is 0 Å². The second-order valence-electron chi connectivity index (χ2n) is 6.36. The van der Waals surface area contributed by atoms with Crippen LogP contribution in [0.15, 0.2) is 0 Å². The smallest absolute Gasteiger partial charge is 0.0239 e.